The van der Waals surface area contributed by atoms with Crippen molar-refractivity contribution in [3.63, 3.8) is 0 Å². The Bertz CT molecular complexity index is 261. The molecule has 2 nitrogen and oxygen atoms in total. The highest BCUT2D eigenvalue weighted by atomic mass is 19.3. The summed E-state index contributed by atoms with van der Waals surface area (Å²) in [5.41, 5.74) is 5.77. The molecule has 0 aliphatic rings. The van der Waals surface area contributed by atoms with Crippen LogP contribution in [0.25, 0.3) is 0 Å². The average molecular weight is 158 g/mol. The molecule has 11 heavy (non-hydrogen) atoms. The Morgan fingerprint density at radius 3 is 2.64 bits per heavy atom. The molecule has 1 rings (SSSR count). The van der Waals surface area contributed by atoms with Crippen molar-refractivity contribution in [3.8, 4) is 0 Å². The molecule has 2 N–H and O–H groups in total. The van der Waals surface area contributed by atoms with E-state index in [1.54, 1.807) is 0 Å². The van der Waals surface area contributed by atoms with Gasteiger partial charge in [0.2, 0.25) is 0 Å². The summed E-state index contributed by atoms with van der Waals surface area (Å²) in [5, 5.41) is 0. The zero-order valence-electron chi connectivity index (χ0n) is 6.01. The molecular weight excluding hydrogens is 150 g/mol. The van der Waals surface area contributed by atoms with E-state index in [9.17, 15) is 8.78 Å². The second-order valence-electron chi connectivity index (χ2n) is 2.24. The number of hydrogen-bond acceptors (Lipinski definition) is 2. The first-order chi connectivity index (χ1) is 5.11. The minimum atomic E-state index is -2.49. The Kier molecular flexibility index (Phi) is 2.03. The Morgan fingerprint density at radius 1 is 1.55 bits per heavy atom. The zero-order chi connectivity index (χ0) is 8.43. The van der Waals surface area contributed by atoms with Crippen LogP contribution in [0.5, 0.6) is 0 Å². The van der Waals surface area contributed by atoms with Crippen molar-refractivity contribution >= 4 is 5.69 Å². The van der Waals surface area contributed by atoms with Crippen LogP contribution in [0.2, 0.25) is 0 Å². The van der Waals surface area contributed by atoms with Gasteiger partial charge in [-0.25, -0.2) is 8.78 Å². The minimum Gasteiger partial charge on any atom is -0.397 e. The van der Waals surface area contributed by atoms with Gasteiger partial charge in [-0.15, -0.1) is 0 Å². The molecule has 1 heterocycles. The maximum atomic E-state index is 12.1. The van der Waals surface area contributed by atoms with Gasteiger partial charge >= 0.3 is 0 Å². The first kappa shape index (κ1) is 7.91. The lowest BCUT2D eigenvalue weighted by molar-refractivity contribution is 0.150. The van der Waals surface area contributed by atoms with E-state index < -0.39 is 6.43 Å². The van der Waals surface area contributed by atoms with Gasteiger partial charge in [0.15, 0.2) is 0 Å². The van der Waals surface area contributed by atoms with E-state index in [0.717, 1.165) is 0 Å². The number of alkyl halides is 2. The van der Waals surface area contributed by atoms with Crippen LogP contribution in [-0.2, 0) is 0 Å². The van der Waals surface area contributed by atoms with Gasteiger partial charge < -0.3 is 5.73 Å². The van der Waals surface area contributed by atoms with Crippen LogP contribution in [-0.4, -0.2) is 4.98 Å². The molecule has 0 unspecified atom stereocenters. The molecule has 0 radical (unpaired) electrons. The fourth-order valence-corrected chi connectivity index (χ4v) is 0.788. The van der Waals surface area contributed by atoms with E-state index in [-0.39, 0.29) is 11.3 Å². The maximum Gasteiger partial charge on any atom is 0.265 e. The lowest BCUT2D eigenvalue weighted by Gasteiger charge is -2.03. The van der Waals surface area contributed by atoms with Gasteiger partial charge in [0.25, 0.3) is 6.43 Å². The van der Waals surface area contributed by atoms with Crippen molar-refractivity contribution < 1.29 is 8.78 Å². The summed E-state index contributed by atoms with van der Waals surface area (Å²) >= 11 is 0. The zero-order valence-corrected chi connectivity index (χ0v) is 6.01. The molecule has 0 saturated carbocycles. The molecule has 0 spiro atoms. The lowest BCUT2D eigenvalue weighted by Crippen LogP contribution is -1.95. The summed E-state index contributed by atoms with van der Waals surface area (Å²) in [5.74, 6) is 0. The summed E-state index contributed by atoms with van der Waals surface area (Å²) in [6.45, 7) is 1.53. The largest absolute Gasteiger partial charge is 0.397 e. The summed E-state index contributed by atoms with van der Waals surface area (Å²) in [6.07, 6.45) is -1.13. The predicted molar refractivity (Wildman–Crippen MR) is 38.3 cm³/mol. The van der Waals surface area contributed by atoms with Crippen LogP contribution in [0, 0.1) is 6.92 Å². The van der Waals surface area contributed by atoms with Crippen LogP contribution in [0.3, 0.4) is 0 Å². The fraction of sp³-hybridized carbons (Fsp3) is 0.286. The van der Waals surface area contributed by atoms with Crippen LogP contribution in [0.4, 0.5) is 14.5 Å². The maximum absolute atomic E-state index is 12.1. The molecule has 1 aromatic heterocycles. The third-order valence-electron chi connectivity index (χ3n) is 1.38. The Hall–Kier alpha value is -1.19. The Balaban J connectivity index is 3.13. The second-order valence-corrected chi connectivity index (χ2v) is 2.24. The van der Waals surface area contributed by atoms with Crippen LogP contribution in [0.1, 0.15) is 17.7 Å². The molecule has 1 aromatic rings. The highest BCUT2D eigenvalue weighted by molar-refractivity contribution is 5.40. The SMILES string of the molecule is Cc1ncc(N)cc1C(F)F. The van der Waals surface area contributed by atoms with E-state index in [1.165, 1.54) is 19.2 Å². The molecule has 0 aromatic carbocycles. The predicted octanol–water partition coefficient (Wildman–Crippen LogP) is 1.91. The van der Waals surface area contributed by atoms with Crippen molar-refractivity contribution in [2.75, 3.05) is 5.73 Å². The van der Waals surface area contributed by atoms with Gasteiger partial charge in [-0.2, -0.15) is 0 Å². The molecule has 0 fully saturated rings. The van der Waals surface area contributed by atoms with Crippen molar-refractivity contribution in [1.29, 1.82) is 0 Å². The average Bonchev–Trinajstić information content (AvgIpc) is 1.94. The lowest BCUT2D eigenvalue weighted by atomic mass is 10.2. The van der Waals surface area contributed by atoms with E-state index in [2.05, 4.69) is 4.98 Å². The quantitative estimate of drug-likeness (QED) is 0.678. The number of aryl methyl sites for hydroxylation is 1. The smallest absolute Gasteiger partial charge is 0.265 e. The van der Waals surface area contributed by atoms with Gasteiger partial charge in [-0.05, 0) is 13.0 Å². The summed E-state index contributed by atoms with van der Waals surface area (Å²) in [4.78, 5) is 3.69. The Morgan fingerprint density at radius 2 is 2.18 bits per heavy atom. The topological polar surface area (TPSA) is 38.9 Å². The highest BCUT2D eigenvalue weighted by Gasteiger charge is 2.10. The van der Waals surface area contributed by atoms with Crippen LogP contribution < -0.4 is 5.73 Å². The van der Waals surface area contributed by atoms with Gasteiger partial charge in [0.05, 0.1) is 11.9 Å². The molecule has 0 atom stereocenters. The normalized spacial score (nSPS) is 10.5. The highest BCUT2D eigenvalue weighted by Crippen LogP contribution is 2.22. The standard InChI is InChI=1S/C7H8F2N2/c1-4-6(7(8)9)2-5(10)3-11-4/h2-3,7H,10H2,1H3. The minimum absolute atomic E-state index is 0.0926. The molecule has 60 valence electrons. The summed E-state index contributed by atoms with van der Waals surface area (Å²) in [6, 6.07) is 1.24. The van der Waals surface area contributed by atoms with Crippen molar-refractivity contribution in [2.24, 2.45) is 0 Å². The molecule has 0 amide bonds. The third kappa shape index (κ3) is 1.63. The van der Waals surface area contributed by atoms with Crippen molar-refractivity contribution in [2.45, 2.75) is 13.3 Å². The summed E-state index contributed by atoms with van der Waals surface area (Å²) < 4.78 is 24.2. The van der Waals surface area contributed by atoms with Crippen LogP contribution in [0.15, 0.2) is 12.3 Å². The number of nitrogen functional groups attached to an aromatic ring is 1. The molecular formula is C7H8F2N2. The first-order valence-corrected chi connectivity index (χ1v) is 3.11. The molecule has 0 aliphatic heterocycles. The van der Waals surface area contributed by atoms with Crippen molar-refractivity contribution in [3.05, 3.63) is 23.5 Å². The fourth-order valence-electron chi connectivity index (χ4n) is 0.788. The number of halogens is 2. The van der Waals surface area contributed by atoms with Crippen molar-refractivity contribution in [1.82, 2.24) is 4.98 Å². The Labute approximate surface area is 63.1 Å². The molecule has 0 aliphatic carbocycles. The third-order valence-corrected chi connectivity index (χ3v) is 1.38. The number of nitrogens with zero attached hydrogens (tertiary/aromatic N) is 1. The van der Waals surface area contributed by atoms with Gasteiger partial charge in [-0.1, -0.05) is 0 Å². The number of aromatic nitrogens is 1. The van der Waals surface area contributed by atoms with E-state index >= 15 is 0 Å². The first-order valence-electron chi connectivity index (χ1n) is 3.11. The molecule has 0 saturated heterocycles. The van der Waals surface area contributed by atoms with E-state index in [1.807, 2.05) is 0 Å². The van der Waals surface area contributed by atoms with Gasteiger partial charge in [-0.3, -0.25) is 4.98 Å². The molecule has 4 heteroatoms. The number of anilines is 1. The number of nitrogens with two attached hydrogens (primary N) is 1. The van der Waals surface area contributed by atoms with Crippen LogP contribution >= 0.6 is 0 Å². The second kappa shape index (κ2) is 2.82. The number of hydrogen-bond donors (Lipinski definition) is 1. The van der Waals surface area contributed by atoms with E-state index in [0.29, 0.717) is 5.69 Å². The monoisotopic (exact) mass is 158 g/mol. The van der Waals surface area contributed by atoms with Gasteiger partial charge in [0, 0.05) is 11.3 Å². The molecule has 0 bridgehead atoms. The summed E-state index contributed by atoms with van der Waals surface area (Å²) in [7, 11) is 0. The van der Waals surface area contributed by atoms with E-state index in [4.69, 9.17) is 5.73 Å². The number of pyridine rings is 1. The van der Waals surface area contributed by atoms with Gasteiger partial charge in [0.1, 0.15) is 0 Å². The number of rotatable bonds is 1.